The second-order valence-corrected chi connectivity index (χ2v) is 19.1. The van der Waals surface area contributed by atoms with Crippen LogP contribution >= 0.6 is 0 Å². The van der Waals surface area contributed by atoms with Gasteiger partial charge in [-0.15, -0.1) is 0 Å². The minimum atomic E-state index is -3.76. The molecule has 1 aliphatic heterocycles. The zero-order valence-electron chi connectivity index (χ0n) is 33.8. The smallest absolute Gasteiger partial charge is 0.210 e. The monoisotopic (exact) mass is 819 g/mol. The first kappa shape index (κ1) is 39.9. The summed E-state index contributed by atoms with van der Waals surface area (Å²) in [7, 11) is 5.38. The summed E-state index contributed by atoms with van der Waals surface area (Å²) in [5.41, 5.74) is 2.70. The van der Waals surface area contributed by atoms with Crippen molar-refractivity contribution in [1.29, 1.82) is 0 Å². The average molecular weight is 820 g/mol. The fourth-order valence-corrected chi connectivity index (χ4v) is 14.4. The standard InChI is InChI=1S/C45H45NO10SSi/c1-28-36(49-2)22-31(23-37(28)50-3)58(32-24-38(51-4)44(55-8)39(25-32)52-5,33-26-40(53-6)45(56-9)41(27-33)54-7)30-20-18-29(19-21-30)46-34-14-10-12-16-42(34)57(47,48)43-17-13-11-15-35(43)46/h10-27H,1-9H3. The van der Waals surface area contributed by atoms with Crippen LogP contribution in [-0.4, -0.2) is 73.4 Å². The van der Waals surface area contributed by atoms with Crippen molar-refractivity contribution in [3.63, 3.8) is 0 Å². The predicted octanol–water partition coefficient (Wildman–Crippen LogP) is 6.06. The second kappa shape index (κ2) is 15.9. The van der Waals surface area contributed by atoms with Gasteiger partial charge in [0.15, 0.2) is 31.1 Å². The van der Waals surface area contributed by atoms with E-state index in [4.69, 9.17) is 37.9 Å². The molecule has 11 nitrogen and oxygen atoms in total. The maximum Gasteiger partial charge on any atom is 0.210 e. The van der Waals surface area contributed by atoms with Crippen LogP contribution in [0, 0.1) is 6.92 Å². The summed E-state index contributed by atoms with van der Waals surface area (Å²) >= 11 is 0. The highest BCUT2D eigenvalue weighted by Crippen LogP contribution is 2.48. The largest absolute Gasteiger partial charge is 0.496 e. The number of rotatable bonds is 13. The van der Waals surface area contributed by atoms with Crippen molar-refractivity contribution in [1.82, 2.24) is 0 Å². The van der Waals surface area contributed by atoms with E-state index in [2.05, 4.69) is 12.1 Å². The summed E-state index contributed by atoms with van der Waals surface area (Å²) < 4.78 is 75.3. The van der Waals surface area contributed by atoms with Crippen molar-refractivity contribution in [2.75, 3.05) is 61.8 Å². The quantitative estimate of drug-likeness (QED) is 0.100. The number of methoxy groups -OCH3 is 8. The van der Waals surface area contributed by atoms with Crippen LogP contribution in [0.25, 0.3) is 0 Å². The van der Waals surface area contributed by atoms with Crippen LogP contribution in [0.4, 0.5) is 17.1 Å². The molecule has 6 aromatic rings. The molecule has 0 spiro atoms. The van der Waals surface area contributed by atoms with Gasteiger partial charge in [0, 0.05) is 11.3 Å². The Morgan fingerprint density at radius 2 is 0.776 bits per heavy atom. The van der Waals surface area contributed by atoms with E-state index in [1.165, 1.54) is 0 Å². The van der Waals surface area contributed by atoms with E-state index in [-0.39, 0.29) is 9.79 Å². The van der Waals surface area contributed by atoms with Crippen LogP contribution < -0.4 is 63.5 Å². The van der Waals surface area contributed by atoms with Crippen molar-refractivity contribution in [3.05, 3.63) is 115 Å². The molecule has 0 fully saturated rings. The number of nitrogens with zero attached hydrogens (tertiary/aromatic N) is 1. The zero-order chi connectivity index (χ0) is 41.4. The van der Waals surface area contributed by atoms with Crippen molar-refractivity contribution >= 4 is 55.7 Å². The third-order valence-electron chi connectivity index (χ3n) is 10.7. The van der Waals surface area contributed by atoms with Crippen molar-refractivity contribution in [2.45, 2.75) is 16.7 Å². The Balaban J connectivity index is 1.62. The maximum absolute atomic E-state index is 13.9. The van der Waals surface area contributed by atoms with Gasteiger partial charge < -0.3 is 42.8 Å². The van der Waals surface area contributed by atoms with Crippen LogP contribution in [0.15, 0.2) is 119 Å². The Hall–Kier alpha value is -6.31. The molecule has 0 unspecified atom stereocenters. The van der Waals surface area contributed by atoms with Gasteiger partial charge >= 0.3 is 0 Å². The Kier molecular flexibility index (Phi) is 10.9. The summed E-state index contributed by atoms with van der Waals surface area (Å²) in [5, 5.41) is 3.54. The van der Waals surface area contributed by atoms with Crippen LogP contribution in [0.3, 0.4) is 0 Å². The van der Waals surface area contributed by atoms with Gasteiger partial charge in [-0.2, -0.15) is 0 Å². The second-order valence-electron chi connectivity index (χ2n) is 13.4. The molecule has 58 heavy (non-hydrogen) atoms. The highest BCUT2D eigenvalue weighted by atomic mass is 32.2. The molecule has 0 aliphatic carbocycles. The lowest BCUT2D eigenvalue weighted by Crippen LogP contribution is -2.74. The SMILES string of the molecule is COc1cc([Si](c2ccc(N3c4ccccc4S(=O)(=O)c4ccccc43)cc2)(c2cc(OC)c(OC)c(OC)c2)c2cc(OC)c(OC)c(OC)c2)cc(OC)c1C. The van der Waals surface area contributed by atoms with E-state index in [9.17, 15) is 8.42 Å². The lowest BCUT2D eigenvalue weighted by Gasteiger charge is -2.37. The highest BCUT2D eigenvalue weighted by Gasteiger charge is 2.45. The number of hydrogen-bond donors (Lipinski definition) is 0. The van der Waals surface area contributed by atoms with Gasteiger partial charge in [0.1, 0.15) is 11.5 Å². The van der Waals surface area contributed by atoms with Gasteiger partial charge in [-0.05, 0) is 100 Å². The molecule has 0 amide bonds. The Labute approximate surface area is 340 Å². The average Bonchev–Trinajstić information content (AvgIpc) is 3.26. The highest BCUT2D eigenvalue weighted by molar-refractivity contribution is 7.92. The van der Waals surface area contributed by atoms with Gasteiger partial charge in [-0.25, -0.2) is 8.42 Å². The van der Waals surface area contributed by atoms with Gasteiger partial charge in [-0.3, -0.25) is 0 Å². The number of fused-ring (bicyclic) bond motifs is 2. The molecule has 0 atom stereocenters. The van der Waals surface area contributed by atoms with Crippen LogP contribution in [0.2, 0.25) is 0 Å². The van der Waals surface area contributed by atoms with E-state index in [0.717, 1.165) is 32.0 Å². The molecule has 0 N–H and O–H groups in total. The predicted molar refractivity (Wildman–Crippen MR) is 227 cm³/mol. The Bertz CT molecular complexity index is 2420. The topological polar surface area (TPSA) is 111 Å². The van der Waals surface area contributed by atoms with Gasteiger partial charge in [-0.1, -0.05) is 36.4 Å². The van der Waals surface area contributed by atoms with E-state index in [0.29, 0.717) is 57.4 Å². The number of anilines is 3. The van der Waals surface area contributed by atoms with E-state index in [1.54, 1.807) is 81.1 Å². The molecule has 7 rings (SSSR count). The van der Waals surface area contributed by atoms with Crippen LogP contribution in [0.1, 0.15) is 5.56 Å². The molecule has 0 aromatic heterocycles. The van der Waals surface area contributed by atoms with Crippen LogP contribution in [-0.2, 0) is 9.84 Å². The molecular formula is C45H45NO10SSi. The van der Waals surface area contributed by atoms with Crippen molar-refractivity contribution in [3.8, 4) is 46.0 Å². The van der Waals surface area contributed by atoms with E-state index < -0.39 is 17.9 Å². The van der Waals surface area contributed by atoms with E-state index in [1.807, 2.05) is 84.6 Å². The number of benzene rings is 6. The lowest BCUT2D eigenvalue weighted by molar-refractivity contribution is 0.324. The summed E-state index contributed by atoms with van der Waals surface area (Å²) in [4.78, 5) is 2.45. The fraction of sp³-hybridized carbons (Fsp3) is 0.200. The molecule has 0 saturated heterocycles. The maximum atomic E-state index is 13.9. The lowest BCUT2D eigenvalue weighted by atomic mass is 10.2. The normalized spacial score (nSPS) is 12.8. The summed E-state index contributed by atoms with van der Waals surface area (Å²) in [6.07, 6.45) is 0. The third-order valence-corrected chi connectivity index (χ3v) is 17.2. The fourth-order valence-electron chi connectivity index (χ4n) is 8.02. The van der Waals surface area contributed by atoms with Crippen molar-refractivity contribution < 1.29 is 46.3 Å². The van der Waals surface area contributed by atoms with Gasteiger partial charge in [0.25, 0.3) is 0 Å². The molecular weight excluding hydrogens is 775 g/mol. The minimum absolute atomic E-state index is 0.232. The molecule has 0 radical (unpaired) electrons. The third kappa shape index (κ3) is 6.21. The summed E-state index contributed by atoms with van der Waals surface area (Å²) in [6, 6.07) is 34.3. The van der Waals surface area contributed by atoms with Gasteiger partial charge in [0.05, 0.1) is 78.0 Å². The molecule has 0 bridgehead atoms. The number of hydrogen-bond acceptors (Lipinski definition) is 11. The number of sulfone groups is 1. The Morgan fingerprint density at radius 1 is 0.431 bits per heavy atom. The summed E-state index contributed by atoms with van der Waals surface area (Å²) in [5.74, 6) is 3.99. The zero-order valence-corrected chi connectivity index (χ0v) is 35.6. The first-order chi connectivity index (χ1) is 28.1. The number of para-hydroxylation sites is 2. The number of ether oxygens (including phenoxy) is 8. The Morgan fingerprint density at radius 3 is 1.12 bits per heavy atom. The molecule has 1 heterocycles. The molecule has 13 heteroatoms. The molecule has 6 aromatic carbocycles. The van der Waals surface area contributed by atoms with E-state index >= 15 is 0 Å². The van der Waals surface area contributed by atoms with Crippen molar-refractivity contribution in [2.24, 2.45) is 0 Å². The first-order valence-corrected chi connectivity index (χ1v) is 21.7. The minimum Gasteiger partial charge on any atom is -0.496 e. The molecule has 300 valence electrons. The van der Waals surface area contributed by atoms with Crippen LogP contribution in [0.5, 0.6) is 46.0 Å². The first-order valence-electron chi connectivity index (χ1n) is 18.3. The summed E-state index contributed by atoms with van der Waals surface area (Å²) in [6.45, 7) is 1.95. The molecule has 0 saturated carbocycles. The molecule has 1 aliphatic rings. The van der Waals surface area contributed by atoms with Gasteiger partial charge in [0.2, 0.25) is 21.3 Å².